The van der Waals surface area contributed by atoms with Crippen LogP contribution in [0.25, 0.3) is 0 Å². The summed E-state index contributed by atoms with van der Waals surface area (Å²) >= 11 is 1.87. The molecule has 0 radical (unpaired) electrons. The number of hydrogen-bond donors (Lipinski definition) is 6. The van der Waals surface area contributed by atoms with Crippen molar-refractivity contribution in [1.29, 1.82) is 0 Å². The van der Waals surface area contributed by atoms with Crippen molar-refractivity contribution in [2.24, 2.45) is 5.73 Å². The molecule has 7 N–H and O–H groups in total. The number of phenolic OH excluding ortho intramolecular Hbond substituents is 1. The van der Waals surface area contributed by atoms with Crippen LogP contribution in [0.1, 0.15) is 28.8 Å². The van der Waals surface area contributed by atoms with Gasteiger partial charge in [-0.2, -0.15) is 0 Å². The second-order valence-electron chi connectivity index (χ2n) is 8.31. The first kappa shape index (κ1) is 27.6. The number of amides is 4. The van der Waals surface area contributed by atoms with Gasteiger partial charge in [-0.3, -0.25) is 29.3 Å². The molecule has 0 aliphatic carbocycles. The number of nitro benzene ring substituents is 1. The van der Waals surface area contributed by atoms with E-state index in [1.54, 1.807) is 12.1 Å². The Hall–Kier alpha value is -3.95. The summed E-state index contributed by atoms with van der Waals surface area (Å²) in [5, 5.41) is 31.6. The van der Waals surface area contributed by atoms with Crippen LogP contribution in [0.2, 0.25) is 0 Å². The van der Waals surface area contributed by atoms with E-state index in [0.717, 1.165) is 6.07 Å². The smallest absolute Gasteiger partial charge is 0.271 e. The van der Waals surface area contributed by atoms with Crippen LogP contribution < -0.4 is 27.0 Å². The Morgan fingerprint density at radius 3 is 2.49 bits per heavy atom. The summed E-state index contributed by atoms with van der Waals surface area (Å²) in [5.74, 6) is -2.80. The summed E-state index contributed by atoms with van der Waals surface area (Å²) in [5.41, 5.74) is 5.97. The summed E-state index contributed by atoms with van der Waals surface area (Å²) in [6, 6.07) is 6.25. The average Bonchev–Trinajstić information content (AvgIpc) is 2.85. The Bertz CT molecular complexity index is 1220. The summed E-state index contributed by atoms with van der Waals surface area (Å²) in [7, 11) is 0. The SMILES string of the molecule is NC(=O)[C@@H]1CCCNc2c(I)cc([N+](=O)[O-])cc2C(=O)N[C@@H](Cc2ccc(O)cc2)C(=O)NCC(=O)N1. The number of primary amides is 1. The molecule has 0 spiro atoms. The number of hydrogen-bond acceptors (Lipinski definition) is 8. The number of anilines is 1. The van der Waals surface area contributed by atoms with Gasteiger partial charge in [0, 0.05) is 28.7 Å². The largest absolute Gasteiger partial charge is 0.508 e. The molecule has 13 nitrogen and oxygen atoms in total. The zero-order valence-corrected chi connectivity index (χ0v) is 21.6. The van der Waals surface area contributed by atoms with Crippen LogP contribution in [-0.2, 0) is 20.8 Å². The van der Waals surface area contributed by atoms with Crippen molar-refractivity contribution in [2.45, 2.75) is 31.3 Å². The van der Waals surface area contributed by atoms with E-state index in [-0.39, 0.29) is 36.4 Å². The van der Waals surface area contributed by atoms with Crippen molar-refractivity contribution in [3.05, 3.63) is 61.2 Å². The number of nitrogens with two attached hydrogens (primary N) is 1. The minimum absolute atomic E-state index is 0.00182. The van der Waals surface area contributed by atoms with Gasteiger partial charge in [0.1, 0.15) is 17.8 Å². The first-order valence-corrected chi connectivity index (χ1v) is 12.3. The van der Waals surface area contributed by atoms with E-state index >= 15 is 0 Å². The summed E-state index contributed by atoms with van der Waals surface area (Å²) < 4.78 is 0.403. The minimum atomic E-state index is -1.17. The van der Waals surface area contributed by atoms with Crippen molar-refractivity contribution >= 4 is 57.6 Å². The predicted octanol–water partition coefficient (Wildman–Crippen LogP) is 0.538. The maximum atomic E-state index is 13.3. The van der Waals surface area contributed by atoms with E-state index < -0.39 is 47.2 Å². The van der Waals surface area contributed by atoms with Crippen LogP contribution in [0.3, 0.4) is 0 Å². The minimum Gasteiger partial charge on any atom is -0.508 e. The van der Waals surface area contributed by atoms with Crippen LogP contribution in [0, 0.1) is 13.7 Å². The molecule has 1 heterocycles. The first-order valence-electron chi connectivity index (χ1n) is 11.2. The number of nitrogens with one attached hydrogen (secondary N) is 4. The molecule has 196 valence electrons. The second kappa shape index (κ2) is 12.3. The van der Waals surface area contributed by atoms with Crippen LogP contribution in [0.4, 0.5) is 11.4 Å². The van der Waals surface area contributed by atoms with Gasteiger partial charge in [-0.15, -0.1) is 0 Å². The monoisotopic (exact) mass is 624 g/mol. The Balaban J connectivity index is 2.00. The molecule has 0 fully saturated rings. The molecular weight excluding hydrogens is 599 g/mol. The lowest BCUT2D eigenvalue weighted by molar-refractivity contribution is -0.384. The number of nitro groups is 1. The molecular formula is C23H25IN6O7. The molecule has 4 amide bonds. The number of non-ortho nitro benzene ring substituents is 1. The van der Waals surface area contributed by atoms with E-state index in [9.17, 15) is 34.4 Å². The van der Waals surface area contributed by atoms with Crippen molar-refractivity contribution in [3.8, 4) is 5.75 Å². The van der Waals surface area contributed by atoms with Gasteiger partial charge in [0.05, 0.1) is 22.7 Å². The number of aromatic hydroxyl groups is 1. The topological polar surface area (TPSA) is 206 Å². The second-order valence-corrected chi connectivity index (χ2v) is 9.48. The van der Waals surface area contributed by atoms with E-state index in [0.29, 0.717) is 21.2 Å². The number of carbonyl (C=O) groups excluding carboxylic acids is 4. The van der Waals surface area contributed by atoms with Crippen LogP contribution in [0.5, 0.6) is 5.75 Å². The molecule has 37 heavy (non-hydrogen) atoms. The Morgan fingerprint density at radius 2 is 1.84 bits per heavy atom. The molecule has 0 saturated carbocycles. The molecule has 1 aliphatic heterocycles. The highest BCUT2D eigenvalue weighted by atomic mass is 127. The highest BCUT2D eigenvalue weighted by Gasteiger charge is 2.27. The van der Waals surface area contributed by atoms with Crippen molar-refractivity contribution in [1.82, 2.24) is 16.0 Å². The molecule has 0 aromatic heterocycles. The fourth-order valence-corrected chi connectivity index (χ4v) is 4.51. The van der Waals surface area contributed by atoms with E-state index in [2.05, 4.69) is 21.3 Å². The molecule has 3 rings (SSSR count). The summed E-state index contributed by atoms with van der Waals surface area (Å²) in [6.45, 7) is -0.204. The molecule has 0 bridgehead atoms. The van der Waals surface area contributed by atoms with Crippen molar-refractivity contribution in [3.63, 3.8) is 0 Å². The lowest BCUT2D eigenvalue weighted by Crippen LogP contribution is -2.52. The number of fused-ring (bicyclic) bond motifs is 1. The van der Waals surface area contributed by atoms with Gasteiger partial charge < -0.3 is 32.1 Å². The van der Waals surface area contributed by atoms with Gasteiger partial charge in [0.25, 0.3) is 11.6 Å². The predicted molar refractivity (Wildman–Crippen MR) is 141 cm³/mol. The first-order chi connectivity index (χ1) is 17.5. The Labute approximate surface area is 224 Å². The van der Waals surface area contributed by atoms with Gasteiger partial charge in [0.2, 0.25) is 17.7 Å². The Kier molecular flexibility index (Phi) is 9.21. The maximum Gasteiger partial charge on any atom is 0.271 e. The molecule has 2 aromatic carbocycles. The lowest BCUT2D eigenvalue weighted by atomic mass is 10.0. The van der Waals surface area contributed by atoms with Gasteiger partial charge in [0.15, 0.2) is 0 Å². The quantitative estimate of drug-likeness (QED) is 0.161. The number of benzene rings is 2. The van der Waals surface area contributed by atoms with Gasteiger partial charge in [-0.25, -0.2) is 0 Å². The lowest BCUT2D eigenvalue weighted by Gasteiger charge is -2.20. The van der Waals surface area contributed by atoms with Gasteiger partial charge >= 0.3 is 0 Å². The van der Waals surface area contributed by atoms with E-state index in [4.69, 9.17) is 5.73 Å². The number of nitrogens with zero attached hydrogens (tertiary/aromatic N) is 1. The zero-order chi connectivity index (χ0) is 27.1. The standard InChI is InChI=1S/C23H25IN6O7/c24-16-10-13(30(36)37)9-15-20(16)26-7-1-2-17(21(25)33)28-19(32)11-27-23(35)18(29-22(15)34)8-12-3-5-14(31)6-4-12/h3-6,9-10,17-18,26,31H,1-2,7-8,11H2,(H2,25,33)(H,27,35)(H,28,32)(H,29,34)/t17-,18-/m0/s1. The molecule has 0 unspecified atom stereocenters. The normalized spacial score (nSPS) is 19.1. The van der Waals surface area contributed by atoms with Crippen LogP contribution >= 0.6 is 22.6 Å². The van der Waals surface area contributed by atoms with Crippen LogP contribution in [0.15, 0.2) is 36.4 Å². The molecule has 1 aliphatic rings. The number of rotatable bonds is 4. The summed E-state index contributed by atoms with van der Waals surface area (Å²) in [6.07, 6.45) is 0.562. The highest BCUT2D eigenvalue weighted by molar-refractivity contribution is 14.1. The number of phenols is 1. The molecule has 2 atom stereocenters. The molecule has 2 aromatic rings. The third-order valence-electron chi connectivity index (χ3n) is 5.60. The third kappa shape index (κ3) is 7.52. The Morgan fingerprint density at radius 1 is 1.14 bits per heavy atom. The molecule has 0 saturated heterocycles. The fraction of sp³-hybridized carbons (Fsp3) is 0.304. The van der Waals surface area contributed by atoms with Crippen LogP contribution in [-0.4, -0.2) is 58.8 Å². The molecule has 14 heteroatoms. The van der Waals surface area contributed by atoms with Crippen molar-refractivity contribution < 1.29 is 29.2 Å². The highest BCUT2D eigenvalue weighted by Crippen LogP contribution is 2.29. The third-order valence-corrected chi connectivity index (χ3v) is 6.45. The number of carbonyl (C=O) groups is 4. The van der Waals surface area contributed by atoms with E-state index in [1.165, 1.54) is 18.2 Å². The van der Waals surface area contributed by atoms with Crippen molar-refractivity contribution in [2.75, 3.05) is 18.4 Å². The fourth-order valence-electron chi connectivity index (χ4n) is 3.71. The van der Waals surface area contributed by atoms with Gasteiger partial charge in [-0.1, -0.05) is 12.1 Å². The number of halogens is 1. The zero-order valence-electron chi connectivity index (χ0n) is 19.5. The van der Waals surface area contributed by atoms with Gasteiger partial charge in [-0.05, 0) is 53.1 Å². The maximum absolute atomic E-state index is 13.3. The average molecular weight is 624 g/mol. The summed E-state index contributed by atoms with van der Waals surface area (Å²) in [4.78, 5) is 61.3. The van der Waals surface area contributed by atoms with E-state index in [1.807, 2.05) is 22.6 Å².